The van der Waals surface area contributed by atoms with Gasteiger partial charge in [-0.3, -0.25) is 9.59 Å². The molecule has 1 aromatic rings. The molecule has 1 fully saturated rings. The predicted octanol–water partition coefficient (Wildman–Crippen LogP) is 1.91. The summed E-state index contributed by atoms with van der Waals surface area (Å²) in [4.78, 5) is 25.2. The van der Waals surface area contributed by atoms with Gasteiger partial charge in [0.25, 0.3) is 0 Å². The normalized spacial score (nSPS) is 24.3. The number of anilines is 1. The lowest BCUT2D eigenvalue weighted by atomic mass is 9.94. The molecule has 2 aliphatic rings. The number of aliphatic carboxylic acids is 1. The Balaban J connectivity index is 1.63. The first kappa shape index (κ1) is 13.9. The number of para-hydroxylation sites is 1. The van der Waals surface area contributed by atoms with E-state index in [9.17, 15) is 9.59 Å². The molecule has 3 rings (SSSR count). The quantitative estimate of drug-likeness (QED) is 0.891. The lowest BCUT2D eigenvalue weighted by Gasteiger charge is -2.31. The molecular weight excluding hydrogens is 268 g/mol. The van der Waals surface area contributed by atoms with Crippen LogP contribution in [0.3, 0.4) is 0 Å². The van der Waals surface area contributed by atoms with Crippen LogP contribution >= 0.6 is 0 Å². The highest BCUT2D eigenvalue weighted by Gasteiger charge is 2.31. The number of fused-ring (bicyclic) bond motifs is 1. The molecule has 1 aromatic carbocycles. The summed E-state index contributed by atoms with van der Waals surface area (Å²) in [5.74, 6) is -0.930. The number of nitrogens with one attached hydrogen (secondary N) is 1. The lowest BCUT2D eigenvalue weighted by Crippen LogP contribution is -2.42. The Morgan fingerprint density at radius 1 is 1.33 bits per heavy atom. The molecule has 2 N–H and O–H groups in total. The first-order valence-corrected chi connectivity index (χ1v) is 7.48. The number of likely N-dealkylation sites (tertiary alicyclic amines) is 1. The maximum Gasteiger partial charge on any atom is 0.308 e. The van der Waals surface area contributed by atoms with Gasteiger partial charge in [0, 0.05) is 37.7 Å². The third kappa shape index (κ3) is 2.86. The SMILES string of the molecule is O=C(O)[C@H]1CCCN(C(=O)CC2CNc3ccccc32)C1. The van der Waals surface area contributed by atoms with E-state index in [0.29, 0.717) is 25.9 Å². The third-order valence-electron chi connectivity index (χ3n) is 4.48. The summed E-state index contributed by atoms with van der Waals surface area (Å²) < 4.78 is 0. The summed E-state index contributed by atoms with van der Waals surface area (Å²) in [7, 11) is 0. The zero-order chi connectivity index (χ0) is 14.8. The Kier molecular flexibility index (Phi) is 3.82. The van der Waals surface area contributed by atoms with Crippen molar-refractivity contribution >= 4 is 17.6 Å². The summed E-state index contributed by atoms with van der Waals surface area (Å²) in [6.45, 7) is 1.82. The average Bonchev–Trinajstić information content (AvgIpc) is 2.91. The number of rotatable bonds is 3. The van der Waals surface area contributed by atoms with Gasteiger partial charge in [0.05, 0.1) is 5.92 Å². The monoisotopic (exact) mass is 288 g/mol. The molecule has 5 heteroatoms. The molecule has 0 aromatic heterocycles. The van der Waals surface area contributed by atoms with Crippen molar-refractivity contribution in [3.8, 4) is 0 Å². The van der Waals surface area contributed by atoms with Gasteiger partial charge < -0.3 is 15.3 Å². The number of piperidine rings is 1. The van der Waals surface area contributed by atoms with Crippen LogP contribution < -0.4 is 5.32 Å². The maximum atomic E-state index is 12.4. The Morgan fingerprint density at radius 2 is 2.14 bits per heavy atom. The van der Waals surface area contributed by atoms with Crippen molar-refractivity contribution < 1.29 is 14.7 Å². The van der Waals surface area contributed by atoms with Gasteiger partial charge in [-0.25, -0.2) is 0 Å². The van der Waals surface area contributed by atoms with Crippen LogP contribution in [-0.4, -0.2) is 41.5 Å². The van der Waals surface area contributed by atoms with Crippen LogP contribution in [0.15, 0.2) is 24.3 Å². The van der Waals surface area contributed by atoms with Gasteiger partial charge in [-0.2, -0.15) is 0 Å². The van der Waals surface area contributed by atoms with Crippen molar-refractivity contribution in [1.29, 1.82) is 0 Å². The van der Waals surface area contributed by atoms with Gasteiger partial charge in [0.15, 0.2) is 0 Å². The van der Waals surface area contributed by atoms with Gasteiger partial charge in [-0.1, -0.05) is 18.2 Å². The van der Waals surface area contributed by atoms with Crippen LogP contribution in [0, 0.1) is 5.92 Å². The minimum Gasteiger partial charge on any atom is -0.481 e. The van der Waals surface area contributed by atoms with E-state index in [1.807, 2.05) is 18.2 Å². The van der Waals surface area contributed by atoms with Gasteiger partial charge in [0.2, 0.25) is 5.91 Å². The zero-order valence-corrected chi connectivity index (χ0v) is 11.9. The van der Waals surface area contributed by atoms with Gasteiger partial charge in [-0.15, -0.1) is 0 Å². The highest BCUT2D eigenvalue weighted by atomic mass is 16.4. The number of carbonyl (C=O) groups excluding carboxylic acids is 1. The molecule has 0 aliphatic carbocycles. The molecule has 2 atom stereocenters. The van der Waals surface area contributed by atoms with Crippen LogP contribution in [0.2, 0.25) is 0 Å². The van der Waals surface area contributed by atoms with Gasteiger partial charge in [-0.05, 0) is 24.5 Å². The summed E-state index contributed by atoms with van der Waals surface area (Å²) in [6.07, 6.45) is 1.91. The van der Waals surface area contributed by atoms with E-state index in [1.54, 1.807) is 4.90 Å². The molecule has 0 spiro atoms. The zero-order valence-electron chi connectivity index (χ0n) is 11.9. The van der Waals surface area contributed by atoms with E-state index in [2.05, 4.69) is 11.4 Å². The minimum atomic E-state index is -0.791. The number of amides is 1. The Labute approximate surface area is 123 Å². The fourth-order valence-corrected chi connectivity index (χ4v) is 3.28. The molecular formula is C16H20N2O3. The molecule has 1 saturated heterocycles. The Morgan fingerprint density at radius 3 is 2.95 bits per heavy atom. The molecule has 0 radical (unpaired) electrons. The van der Waals surface area contributed by atoms with E-state index in [1.165, 1.54) is 5.56 Å². The fourth-order valence-electron chi connectivity index (χ4n) is 3.28. The molecule has 21 heavy (non-hydrogen) atoms. The number of benzene rings is 1. The molecule has 2 heterocycles. The molecule has 1 unspecified atom stereocenters. The van der Waals surface area contributed by atoms with Crippen LogP contribution in [0.1, 0.15) is 30.7 Å². The smallest absolute Gasteiger partial charge is 0.308 e. The summed E-state index contributed by atoms with van der Waals surface area (Å²) >= 11 is 0. The molecule has 0 saturated carbocycles. The van der Waals surface area contributed by atoms with E-state index in [4.69, 9.17) is 5.11 Å². The maximum absolute atomic E-state index is 12.4. The van der Waals surface area contributed by atoms with E-state index < -0.39 is 11.9 Å². The summed E-state index contributed by atoms with van der Waals surface area (Å²) in [5, 5.41) is 12.4. The van der Waals surface area contributed by atoms with Gasteiger partial charge in [0.1, 0.15) is 0 Å². The molecule has 5 nitrogen and oxygen atoms in total. The predicted molar refractivity (Wildman–Crippen MR) is 79.2 cm³/mol. The van der Waals surface area contributed by atoms with Crippen LogP contribution in [0.25, 0.3) is 0 Å². The highest BCUT2D eigenvalue weighted by Crippen LogP contribution is 2.33. The second kappa shape index (κ2) is 5.76. The van der Waals surface area contributed by atoms with E-state index in [-0.39, 0.29) is 11.8 Å². The summed E-state index contributed by atoms with van der Waals surface area (Å²) in [5.41, 5.74) is 2.30. The van der Waals surface area contributed by atoms with Crippen molar-refractivity contribution in [3.05, 3.63) is 29.8 Å². The lowest BCUT2D eigenvalue weighted by molar-refractivity contribution is -0.145. The van der Waals surface area contributed by atoms with E-state index in [0.717, 1.165) is 18.7 Å². The van der Waals surface area contributed by atoms with Crippen LogP contribution in [0.4, 0.5) is 5.69 Å². The average molecular weight is 288 g/mol. The number of carboxylic acid groups (broad SMARTS) is 1. The molecule has 1 amide bonds. The summed E-state index contributed by atoms with van der Waals surface area (Å²) in [6, 6.07) is 8.06. The standard InChI is InChI=1S/C16H20N2O3/c19-15(18-7-3-4-11(10-18)16(20)21)8-12-9-17-14-6-2-1-5-13(12)14/h1-2,5-6,11-12,17H,3-4,7-10H2,(H,20,21)/t11-,12?/m0/s1. The second-order valence-corrected chi connectivity index (χ2v) is 5.89. The topological polar surface area (TPSA) is 69.6 Å². The van der Waals surface area contributed by atoms with Crippen molar-refractivity contribution in [1.82, 2.24) is 4.90 Å². The van der Waals surface area contributed by atoms with Gasteiger partial charge >= 0.3 is 5.97 Å². The second-order valence-electron chi connectivity index (χ2n) is 5.89. The number of carboxylic acids is 1. The van der Waals surface area contributed by atoms with Crippen molar-refractivity contribution in [2.45, 2.75) is 25.2 Å². The van der Waals surface area contributed by atoms with E-state index >= 15 is 0 Å². The van der Waals surface area contributed by atoms with Crippen LogP contribution in [0.5, 0.6) is 0 Å². The first-order chi connectivity index (χ1) is 10.1. The largest absolute Gasteiger partial charge is 0.481 e. The van der Waals surface area contributed by atoms with Crippen molar-refractivity contribution in [2.75, 3.05) is 25.0 Å². The number of hydrogen-bond donors (Lipinski definition) is 2. The Hall–Kier alpha value is -2.04. The minimum absolute atomic E-state index is 0.0736. The number of carbonyl (C=O) groups is 2. The first-order valence-electron chi connectivity index (χ1n) is 7.48. The van der Waals surface area contributed by atoms with Crippen molar-refractivity contribution in [2.24, 2.45) is 5.92 Å². The molecule has 2 aliphatic heterocycles. The third-order valence-corrected chi connectivity index (χ3v) is 4.48. The van der Waals surface area contributed by atoms with Crippen molar-refractivity contribution in [3.63, 3.8) is 0 Å². The number of hydrogen-bond acceptors (Lipinski definition) is 3. The molecule has 0 bridgehead atoms. The van der Waals surface area contributed by atoms with Crippen LogP contribution in [-0.2, 0) is 9.59 Å². The Bertz CT molecular complexity index is 558. The molecule has 112 valence electrons. The number of nitrogens with zero attached hydrogens (tertiary/aromatic N) is 1. The fraction of sp³-hybridized carbons (Fsp3) is 0.500. The highest BCUT2D eigenvalue weighted by molar-refractivity contribution is 5.79.